The summed E-state index contributed by atoms with van der Waals surface area (Å²) in [5.41, 5.74) is 8.58. The quantitative estimate of drug-likeness (QED) is 0.400. The van der Waals surface area contributed by atoms with Gasteiger partial charge in [0.25, 0.3) is 0 Å². The Morgan fingerprint density at radius 1 is 0.742 bits per heavy atom. The third-order valence-corrected chi connectivity index (χ3v) is 6.45. The maximum Gasteiger partial charge on any atom is 0.0679 e. The Bertz CT molecular complexity index is 1030. The minimum Gasteiger partial charge on any atom is -0.0802 e. The second-order valence-electron chi connectivity index (χ2n) is 8.43. The van der Waals surface area contributed by atoms with Gasteiger partial charge in [-0.3, -0.25) is 0 Å². The molecule has 0 radical (unpaired) electrons. The fourth-order valence-corrected chi connectivity index (χ4v) is 5.34. The molecule has 3 aliphatic rings. The first-order valence-electron chi connectivity index (χ1n) is 12.0. The van der Waals surface area contributed by atoms with E-state index in [1.54, 1.807) is 5.57 Å². The molecular formula is C31H34. The van der Waals surface area contributed by atoms with Crippen LogP contribution in [0.25, 0.3) is 5.57 Å². The lowest BCUT2D eigenvalue weighted by Crippen LogP contribution is -2.31. The van der Waals surface area contributed by atoms with Gasteiger partial charge >= 0.3 is 0 Å². The summed E-state index contributed by atoms with van der Waals surface area (Å²) in [7, 11) is 0. The van der Waals surface area contributed by atoms with E-state index in [4.69, 9.17) is 0 Å². The monoisotopic (exact) mass is 406 g/mol. The van der Waals surface area contributed by atoms with Crippen molar-refractivity contribution in [1.29, 1.82) is 0 Å². The van der Waals surface area contributed by atoms with E-state index in [9.17, 15) is 0 Å². The molecule has 2 atom stereocenters. The van der Waals surface area contributed by atoms with Crippen LogP contribution in [0.15, 0.2) is 103 Å². The van der Waals surface area contributed by atoms with Crippen molar-refractivity contribution < 1.29 is 0 Å². The van der Waals surface area contributed by atoms with Crippen molar-refractivity contribution in [3.8, 4) is 0 Å². The number of hydrogen-bond acceptors (Lipinski definition) is 0. The maximum atomic E-state index is 2.44. The first-order valence-corrected chi connectivity index (χ1v) is 12.0. The summed E-state index contributed by atoms with van der Waals surface area (Å²) in [6, 6.07) is 31.3. The molecule has 3 aliphatic carbocycles. The highest BCUT2D eigenvalue weighted by molar-refractivity contribution is 5.91. The van der Waals surface area contributed by atoms with Gasteiger partial charge in [-0.1, -0.05) is 131 Å². The molecular weight excluding hydrogens is 372 g/mol. The Labute approximate surface area is 188 Å². The van der Waals surface area contributed by atoms with E-state index in [1.807, 2.05) is 13.8 Å². The Morgan fingerprint density at radius 2 is 1.26 bits per heavy atom. The Kier molecular flexibility index (Phi) is 6.28. The van der Waals surface area contributed by atoms with Gasteiger partial charge in [0.2, 0.25) is 0 Å². The zero-order chi connectivity index (χ0) is 21.8. The number of hydrogen-bond donors (Lipinski definition) is 0. The Morgan fingerprint density at radius 3 is 1.84 bits per heavy atom. The average Bonchev–Trinajstić information content (AvgIpc) is 3.57. The fraction of sp³-hybridized carbons (Fsp3) is 0.290. The van der Waals surface area contributed by atoms with Crippen molar-refractivity contribution in [3.63, 3.8) is 0 Å². The molecule has 0 heterocycles. The van der Waals surface area contributed by atoms with Crippen LogP contribution < -0.4 is 0 Å². The van der Waals surface area contributed by atoms with Crippen LogP contribution >= 0.6 is 0 Å². The molecule has 0 spiro atoms. The lowest BCUT2D eigenvalue weighted by Gasteiger charge is -2.36. The van der Waals surface area contributed by atoms with Crippen LogP contribution in [0.4, 0.5) is 0 Å². The summed E-state index contributed by atoms with van der Waals surface area (Å²) in [6.07, 6.45) is 7.38. The van der Waals surface area contributed by atoms with Crippen LogP contribution in [0, 0.1) is 11.8 Å². The molecule has 3 aromatic carbocycles. The van der Waals surface area contributed by atoms with Crippen molar-refractivity contribution in [3.05, 3.63) is 125 Å². The predicted octanol–water partition coefficient (Wildman–Crippen LogP) is 8.44. The standard InChI is InChI=1S/C26H20.C3H8.C2H6/c1-3-9-19(10-4-1)26(20-11-5-2-6-12-20)24-14-8-7-13-21(24)22-16-15-18-17-23(18)25(22)26;1-3-2;1-2/h1-16,18,23H,17H2;3H2,1-2H3;1-2H3. The highest BCUT2D eigenvalue weighted by Crippen LogP contribution is 2.65. The molecule has 1 saturated carbocycles. The van der Waals surface area contributed by atoms with Gasteiger partial charge in [0.15, 0.2) is 0 Å². The highest BCUT2D eigenvalue weighted by Gasteiger charge is 2.55. The van der Waals surface area contributed by atoms with E-state index in [2.05, 4.69) is 111 Å². The first-order chi connectivity index (χ1) is 15.3. The lowest BCUT2D eigenvalue weighted by molar-refractivity contribution is 0.675. The summed E-state index contributed by atoms with van der Waals surface area (Å²) in [6.45, 7) is 8.25. The molecule has 0 heteroatoms. The molecule has 0 N–H and O–H groups in total. The first kappa shape index (κ1) is 21.4. The van der Waals surface area contributed by atoms with Crippen LogP contribution in [-0.4, -0.2) is 0 Å². The normalized spacial score (nSPS) is 20.9. The fourth-order valence-electron chi connectivity index (χ4n) is 5.34. The smallest absolute Gasteiger partial charge is 0.0679 e. The third kappa shape index (κ3) is 3.39. The van der Waals surface area contributed by atoms with Gasteiger partial charge in [-0.25, -0.2) is 0 Å². The number of benzene rings is 3. The molecule has 3 aromatic rings. The Hall–Kier alpha value is -2.86. The maximum absolute atomic E-state index is 2.44. The highest BCUT2D eigenvalue weighted by atomic mass is 14.6. The van der Waals surface area contributed by atoms with Gasteiger partial charge in [-0.05, 0) is 51.7 Å². The molecule has 0 aromatic heterocycles. The molecule has 6 rings (SSSR count). The summed E-state index contributed by atoms with van der Waals surface area (Å²) < 4.78 is 0. The molecule has 0 bridgehead atoms. The summed E-state index contributed by atoms with van der Waals surface area (Å²) in [5.74, 6) is 1.41. The van der Waals surface area contributed by atoms with Gasteiger partial charge in [0.05, 0.1) is 5.41 Å². The van der Waals surface area contributed by atoms with Crippen LogP contribution in [-0.2, 0) is 5.41 Å². The van der Waals surface area contributed by atoms with Gasteiger partial charge in [0.1, 0.15) is 0 Å². The van der Waals surface area contributed by atoms with E-state index in [-0.39, 0.29) is 5.41 Å². The topological polar surface area (TPSA) is 0 Å². The molecule has 0 nitrogen and oxygen atoms in total. The van der Waals surface area contributed by atoms with Gasteiger partial charge in [-0.2, -0.15) is 0 Å². The van der Waals surface area contributed by atoms with E-state index >= 15 is 0 Å². The lowest BCUT2D eigenvalue weighted by atomic mass is 9.65. The predicted molar refractivity (Wildman–Crippen MR) is 134 cm³/mol. The van der Waals surface area contributed by atoms with Gasteiger partial charge in [0, 0.05) is 0 Å². The van der Waals surface area contributed by atoms with Crippen LogP contribution in [0.2, 0.25) is 0 Å². The second-order valence-corrected chi connectivity index (χ2v) is 8.43. The number of allylic oxidation sites excluding steroid dienone is 4. The summed E-state index contributed by atoms with van der Waals surface area (Å²) in [4.78, 5) is 0. The molecule has 0 aliphatic heterocycles. The molecule has 2 unspecified atom stereocenters. The average molecular weight is 407 g/mol. The van der Waals surface area contributed by atoms with Crippen molar-refractivity contribution in [2.75, 3.05) is 0 Å². The SMILES string of the molecule is C1=CC2CC2C2=C1c1ccccc1C2(c1ccccc1)c1ccccc1.CC.CCC. The van der Waals surface area contributed by atoms with E-state index in [0.29, 0.717) is 5.92 Å². The Balaban J connectivity index is 0.000000429. The zero-order valence-corrected chi connectivity index (χ0v) is 19.3. The van der Waals surface area contributed by atoms with Crippen molar-refractivity contribution >= 4 is 5.57 Å². The van der Waals surface area contributed by atoms with Crippen LogP contribution in [0.5, 0.6) is 0 Å². The van der Waals surface area contributed by atoms with Crippen LogP contribution in [0.1, 0.15) is 62.8 Å². The zero-order valence-electron chi connectivity index (χ0n) is 19.3. The molecule has 0 amide bonds. The number of rotatable bonds is 2. The van der Waals surface area contributed by atoms with Gasteiger partial charge in [-0.15, -0.1) is 0 Å². The minimum absolute atomic E-state index is 0.154. The molecule has 0 saturated heterocycles. The van der Waals surface area contributed by atoms with Crippen LogP contribution in [0.3, 0.4) is 0 Å². The summed E-state index contributed by atoms with van der Waals surface area (Å²) >= 11 is 0. The third-order valence-electron chi connectivity index (χ3n) is 6.45. The van der Waals surface area contributed by atoms with Crippen molar-refractivity contribution in [1.82, 2.24) is 0 Å². The molecule has 1 fully saturated rings. The van der Waals surface area contributed by atoms with E-state index < -0.39 is 0 Å². The largest absolute Gasteiger partial charge is 0.0802 e. The van der Waals surface area contributed by atoms with Gasteiger partial charge < -0.3 is 0 Å². The molecule has 31 heavy (non-hydrogen) atoms. The minimum atomic E-state index is -0.154. The summed E-state index contributed by atoms with van der Waals surface area (Å²) in [5, 5.41) is 0. The van der Waals surface area contributed by atoms with E-state index in [1.165, 1.54) is 40.7 Å². The molecule has 158 valence electrons. The number of fused-ring (bicyclic) bond motifs is 4. The van der Waals surface area contributed by atoms with Crippen molar-refractivity contribution in [2.45, 2.75) is 46.0 Å². The van der Waals surface area contributed by atoms with E-state index in [0.717, 1.165) is 5.92 Å². The second kappa shape index (κ2) is 9.10. The van der Waals surface area contributed by atoms with Crippen molar-refractivity contribution in [2.24, 2.45) is 11.8 Å².